The van der Waals surface area contributed by atoms with Crippen molar-refractivity contribution in [3.8, 4) is 0 Å². The molecule has 4 nitrogen and oxygen atoms in total. The zero-order chi connectivity index (χ0) is 12.5. The first-order valence-corrected chi connectivity index (χ1v) is 5.64. The Balaban J connectivity index is 2.05. The maximum Gasteiger partial charge on any atom is 0.332 e. The Labute approximate surface area is 101 Å². The van der Waals surface area contributed by atoms with E-state index in [0.717, 1.165) is 12.8 Å². The summed E-state index contributed by atoms with van der Waals surface area (Å²) < 4.78 is 0. The van der Waals surface area contributed by atoms with Gasteiger partial charge in [-0.05, 0) is 25.3 Å². The Kier molecular flexibility index (Phi) is 5.96. The molecule has 0 heterocycles. The molecule has 0 aliphatic carbocycles. The third kappa shape index (κ3) is 6.48. The van der Waals surface area contributed by atoms with E-state index in [-0.39, 0.29) is 12.2 Å². The summed E-state index contributed by atoms with van der Waals surface area (Å²) in [5, 5.41) is 0. The molecular formula is C13H17NO3. The predicted molar refractivity (Wildman–Crippen MR) is 64.2 cm³/mol. The fourth-order valence-electron chi connectivity index (χ4n) is 1.38. The van der Waals surface area contributed by atoms with Crippen LogP contribution < -0.4 is 5.48 Å². The number of nitrogens with one attached hydrogen (secondary N) is 1. The molecule has 0 saturated heterocycles. The number of rotatable bonds is 7. The van der Waals surface area contributed by atoms with Crippen molar-refractivity contribution in [1.82, 2.24) is 5.48 Å². The molecule has 4 heteroatoms. The zero-order valence-electron chi connectivity index (χ0n) is 9.94. The SMILES string of the molecule is CC(=O)CC(=O)ONCCCc1ccccc1. The maximum atomic E-state index is 11.0. The van der Waals surface area contributed by atoms with Gasteiger partial charge >= 0.3 is 5.97 Å². The fourth-order valence-corrected chi connectivity index (χ4v) is 1.38. The molecule has 1 aromatic carbocycles. The fraction of sp³-hybridized carbons (Fsp3) is 0.385. The van der Waals surface area contributed by atoms with E-state index in [1.807, 2.05) is 18.2 Å². The monoisotopic (exact) mass is 235 g/mol. The molecule has 1 N–H and O–H groups in total. The first-order chi connectivity index (χ1) is 8.18. The van der Waals surface area contributed by atoms with Crippen molar-refractivity contribution >= 4 is 11.8 Å². The minimum atomic E-state index is -0.530. The van der Waals surface area contributed by atoms with Crippen LogP contribution in [-0.4, -0.2) is 18.3 Å². The molecular weight excluding hydrogens is 218 g/mol. The molecule has 0 atom stereocenters. The normalized spacial score (nSPS) is 9.94. The molecule has 0 amide bonds. The second kappa shape index (κ2) is 7.57. The van der Waals surface area contributed by atoms with Crippen LogP contribution in [-0.2, 0) is 20.8 Å². The lowest BCUT2D eigenvalue weighted by Crippen LogP contribution is -2.22. The number of hydroxylamine groups is 1. The zero-order valence-corrected chi connectivity index (χ0v) is 9.94. The Bertz CT molecular complexity index is 362. The van der Waals surface area contributed by atoms with Gasteiger partial charge in [-0.1, -0.05) is 30.3 Å². The van der Waals surface area contributed by atoms with Gasteiger partial charge in [-0.25, -0.2) is 4.79 Å². The van der Waals surface area contributed by atoms with Gasteiger partial charge in [0.25, 0.3) is 0 Å². The van der Waals surface area contributed by atoms with Crippen molar-refractivity contribution in [2.24, 2.45) is 0 Å². The Morgan fingerprint density at radius 2 is 1.94 bits per heavy atom. The maximum absolute atomic E-state index is 11.0. The summed E-state index contributed by atoms with van der Waals surface area (Å²) in [4.78, 5) is 26.3. The minimum Gasteiger partial charge on any atom is -0.370 e. The van der Waals surface area contributed by atoms with E-state index in [1.54, 1.807) is 0 Å². The Morgan fingerprint density at radius 1 is 1.24 bits per heavy atom. The van der Waals surface area contributed by atoms with Gasteiger partial charge in [0.2, 0.25) is 0 Å². The van der Waals surface area contributed by atoms with E-state index in [2.05, 4.69) is 22.5 Å². The number of benzene rings is 1. The van der Waals surface area contributed by atoms with Gasteiger partial charge in [0.05, 0.1) is 0 Å². The molecule has 0 spiro atoms. The van der Waals surface area contributed by atoms with E-state index >= 15 is 0 Å². The molecule has 0 aliphatic heterocycles. The van der Waals surface area contributed by atoms with Crippen LogP contribution in [0.25, 0.3) is 0 Å². The van der Waals surface area contributed by atoms with Crippen LogP contribution >= 0.6 is 0 Å². The molecule has 0 saturated carbocycles. The third-order valence-corrected chi connectivity index (χ3v) is 2.17. The van der Waals surface area contributed by atoms with Crippen LogP contribution in [0.4, 0.5) is 0 Å². The second-order valence-electron chi connectivity index (χ2n) is 3.84. The molecule has 0 fully saturated rings. The lowest BCUT2D eigenvalue weighted by molar-refractivity contribution is -0.152. The van der Waals surface area contributed by atoms with Crippen LogP contribution in [0.15, 0.2) is 30.3 Å². The lowest BCUT2D eigenvalue weighted by atomic mass is 10.1. The number of carbonyl (C=O) groups excluding carboxylic acids is 2. The number of aryl methyl sites for hydroxylation is 1. The summed E-state index contributed by atoms with van der Waals surface area (Å²) in [6.45, 7) is 1.94. The molecule has 1 rings (SSSR count). The Morgan fingerprint density at radius 3 is 2.59 bits per heavy atom. The van der Waals surface area contributed by atoms with Gasteiger partial charge in [-0.15, -0.1) is 0 Å². The summed E-state index contributed by atoms with van der Waals surface area (Å²) in [7, 11) is 0. The average molecular weight is 235 g/mol. The number of hydrogen-bond acceptors (Lipinski definition) is 4. The van der Waals surface area contributed by atoms with E-state index in [1.165, 1.54) is 12.5 Å². The predicted octanol–water partition coefficient (Wildman–Crippen LogP) is 1.65. The van der Waals surface area contributed by atoms with Gasteiger partial charge < -0.3 is 4.84 Å². The summed E-state index contributed by atoms with van der Waals surface area (Å²) in [5.41, 5.74) is 3.81. The van der Waals surface area contributed by atoms with Gasteiger partial charge in [0.15, 0.2) is 0 Å². The summed E-state index contributed by atoms with van der Waals surface area (Å²) in [5.74, 6) is -0.724. The van der Waals surface area contributed by atoms with Crippen LogP contribution in [0.2, 0.25) is 0 Å². The highest BCUT2D eigenvalue weighted by atomic mass is 16.7. The van der Waals surface area contributed by atoms with Crippen molar-refractivity contribution in [2.45, 2.75) is 26.2 Å². The largest absolute Gasteiger partial charge is 0.370 e. The quantitative estimate of drug-likeness (QED) is 0.443. The highest BCUT2D eigenvalue weighted by Gasteiger charge is 2.05. The molecule has 0 radical (unpaired) electrons. The number of hydrogen-bond donors (Lipinski definition) is 1. The van der Waals surface area contributed by atoms with E-state index in [0.29, 0.717) is 6.54 Å². The smallest absolute Gasteiger partial charge is 0.332 e. The summed E-state index contributed by atoms with van der Waals surface area (Å²) >= 11 is 0. The van der Waals surface area contributed by atoms with Crippen molar-refractivity contribution in [1.29, 1.82) is 0 Å². The van der Waals surface area contributed by atoms with Gasteiger partial charge in [0.1, 0.15) is 12.2 Å². The molecule has 0 bridgehead atoms. The van der Waals surface area contributed by atoms with Gasteiger partial charge in [-0.3, -0.25) is 4.79 Å². The molecule has 1 aromatic rings. The van der Waals surface area contributed by atoms with Crippen molar-refractivity contribution in [3.63, 3.8) is 0 Å². The van der Waals surface area contributed by atoms with Crippen molar-refractivity contribution < 1.29 is 14.4 Å². The van der Waals surface area contributed by atoms with E-state index < -0.39 is 5.97 Å². The molecule has 92 valence electrons. The number of carbonyl (C=O) groups is 2. The highest BCUT2D eigenvalue weighted by Crippen LogP contribution is 2.01. The number of Topliss-reactive ketones (excluding diaryl/α,β-unsaturated/α-hetero) is 1. The topological polar surface area (TPSA) is 55.4 Å². The third-order valence-electron chi connectivity index (χ3n) is 2.17. The Hall–Kier alpha value is -1.68. The molecule has 17 heavy (non-hydrogen) atoms. The highest BCUT2D eigenvalue weighted by molar-refractivity contribution is 5.93. The second-order valence-corrected chi connectivity index (χ2v) is 3.84. The van der Waals surface area contributed by atoms with Crippen LogP contribution in [0.1, 0.15) is 25.3 Å². The number of ketones is 1. The van der Waals surface area contributed by atoms with Crippen LogP contribution in [0.5, 0.6) is 0 Å². The summed E-state index contributed by atoms with van der Waals surface area (Å²) in [6.07, 6.45) is 1.63. The first kappa shape index (κ1) is 13.4. The molecule has 0 aliphatic rings. The first-order valence-electron chi connectivity index (χ1n) is 5.64. The van der Waals surface area contributed by atoms with Crippen LogP contribution in [0, 0.1) is 0 Å². The summed E-state index contributed by atoms with van der Waals surface area (Å²) in [6, 6.07) is 10.1. The van der Waals surface area contributed by atoms with Crippen molar-refractivity contribution in [3.05, 3.63) is 35.9 Å². The minimum absolute atomic E-state index is 0.175. The molecule has 0 aromatic heterocycles. The van der Waals surface area contributed by atoms with Gasteiger partial charge in [-0.2, -0.15) is 5.48 Å². The standard InChI is InChI=1S/C13H17NO3/c1-11(15)10-13(16)17-14-9-5-8-12-6-3-2-4-7-12/h2-4,6-7,14H,5,8-10H2,1H3. The van der Waals surface area contributed by atoms with Crippen LogP contribution in [0.3, 0.4) is 0 Å². The van der Waals surface area contributed by atoms with Gasteiger partial charge in [0, 0.05) is 6.54 Å². The van der Waals surface area contributed by atoms with Crippen molar-refractivity contribution in [2.75, 3.05) is 6.54 Å². The van der Waals surface area contributed by atoms with E-state index in [4.69, 9.17) is 0 Å². The average Bonchev–Trinajstić information content (AvgIpc) is 2.29. The van der Waals surface area contributed by atoms with E-state index in [9.17, 15) is 9.59 Å². The molecule has 0 unspecified atom stereocenters. The lowest BCUT2D eigenvalue weighted by Gasteiger charge is -2.04.